The quantitative estimate of drug-likeness (QED) is 0.765. The van der Waals surface area contributed by atoms with Crippen LogP contribution in [0.2, 0.25) is 0 Å². The molecule has 1 amide bonds. The van der Waals surface area contributed by atoms with Gasteiger partial charge in [-0.2, -0.15) is 0 Å². The summed E-state index contributed by atoms with van der Waals surface area (Å²) in [6, 6.07) is 5.77. The van der Waals surface area contributed by atoms with Crippen LogP contribution >= 0.6 is 0 Å². The summed E-state index contributed by atoms with van der Waals surface area (Å²) in [6.07, 6.45) is 1.05. The molecular formula is C19H32N2O3. The van der Waals surface area contributed by atoms with E-state index in [1.54, 1.807) is 7.11 Å². The van der Waals surface area contributed by atoms with Gasteiger partial charge in [0.1, 0.15) is 0 Å². The van der Waals surface area contributed by atoms with Gasteiger partial charge in [0.2, 0.25) is 0 Å². The van der Waals surface area contributed by atoms with Gasteiger partial charge in [-0.3, -0.25) is 4.79 Å². The number of methoxy groups -OCH3 is 1. The van der Waals surface area contributed by atoms with Crippen LogP contribution in [0.1, 0.15) is 53.5 Å². The lowest BCUT2D eigenvalue weighted by molar-refractivity contribution is -0.124. The maximum atomic E-state index is 11.9. The Labute approximate surface area is 146 Å². The number of hydrogen-bond acceptors (Lipinski definition) is 4. The van der Waals surface area contributed by atoms with E-state index < -0.39 is 0 Å². The summed E-state index contributed by atoms with van der Waals surface area (Å²) in [5.74, 6) is 1.05. The third-order valence-electron chi connectivity index (χ3n) is 3.76. The molecule has 0 unspecified atom stereocenters. The molecule has 2 N–H and O–H groups in total. The fourth-order valence-electron chi connectivity index (χ4n) is 2.01. The molecule has 0 heterocycles. The molecule has 1 aromatic rings. The summed E-state index contributed by atoms with van der Waals surface area (Å²) in [6.45, 7) is 13.0. The average molecular weight is 336 g/mol. The normalized spacial score (nSPS) is 12.0. The van der Waals surface area contributed by atoms with Crippen molar-refractivity contribution in [2.24, 2.45) is 0 Å². The van der Waals surface area contributed by atoms with E-state index in [2.05, 4.69) is 31.4 Å². The molecule has 0 saturated carbocycles. The monoisotopic (exact) mass is 336 g/mol. The molecule has 0 saturated heterocycles. The van der Waals surface area contributed by atoms with Gasteiger partial charge in [0.15, 0.2) is 18.1 Å². The number of amides is 1. The maximum Gasteiger partial charge on any atom is 0.258 e. The van der Waals surface area contributed by atoms with E-state index in [1.807, 2.05) is 39.0 Å². The SMILES string of the molecule is CCC(C)(C)NCc1ccc(OCC(=O)NC(C)(C)C)c(OC)c1. The van der Waals surface area contributed by atoms with E-state index in [0.717, 1.165) is 18.5 Å². The van der Waals surface area contributed by atoms with Crippen molar-refractivity contribution >= 4 is 5.91 Å². The predicted octanol–water partition coefficient (Wildman–Crippen LogP) is 3.27. The number of carbonyl (C=O) groups is 1. The van der Waals surface area contributed by atoms with Gasteiger partial charge in [-0.05, 0) is 58.7 Å². The summed E-state index contributed by atoms with van der Waals surface area (Å²) in [5, 5.41) is 6.38. The Kier molecular flexibility index (Phi) is 7.08. The zero-order valence-electron chi connectivity index (χ0n) is 16.1. The molecule has 0 atom stereocenters. The first-order valence-corrected chi connectivity index (χ1v) is 8.42. The predicted molar refractivity (Wildman–Crippen MR) is 97.6 cm³/mol. The van der Waals surface area contributed by atoms with Crippen LogP contribution in [0.4, 0.5) is 0 Å². The number of benzene rings is 1. The van der Waals surface area contributed by atoms with Crippen molar-refractivity contribution in [3.05, 3.63) is 23.8 Å². The van der Waals surface area contributed by atoms with Crippen LogP contribution in [0.15, 0.2) is 18.2 Å². The van der Waals surface area contributed by atoms with Gasteiger partial charge in [-0.15, -0.1) is 0 Å². The highest BCUT2D eigenvalue weighted by Gasteiger charge is 2.16. The molecule has 1 aromatic carbocycles. The Hall–Kier alpha value is -1.75. The van der Waals surface area contributed by atoms with Crippen molar-refractivity contribution < 1.29 is 14.3 Å². The Morgan fingerprint density at radius 3 is 2.33 bits per heavy atom. The molecule has 0 radical (unpaired) electrons. The lowest BCUT2D eigenvalue weighted by Crippen LogP contribution is -2.43. The van der Waals surface area contributed by atoms with Crippen LogP contribution < -0.4 is 20.1 Å². The Morgan fingerprint density at radius 2 is 1.79 bits per heavy atom. The van der Waals surface area contributed by atoms with Gasteiger partial charge >= 0.3 is 0 Å². The zero-order chi connectivity index (χ0) is 18.4. The fraction of sp³-hybridized carbons (Fsp3) is 0.632. The minimum absolute atomic E-state index is 0.0336. The Bertz CT molecular complexity index is 548. The smallest absolute Gasteiger partial charge is 0.258 e. The van der Waals surface area contributed by atoms with Crippen molar-refractivity contribution in [3.8, 4) is 11.5 Å². The second-order valence-corrected chi connectivity index (χ2v) is 7.66. The highest BCUT2D eigenvalue weighted by atomic mass is 16.5. The fourth-order valence-corrected chi connectivity index (χ4v) is 2.01. The van der Waals surface area contributed by atoms with Gasteiger partial charge in [0.05, 0.1) is 7.11 Å². The maximum absolute atomic E-state index is 11.9. The molecule has 0 fully saturated rings. The van der Waals surface area contributed by atoms with Gasteiger partial charge in [0.25, 0.3) is 5.91 Å². The van der Waals surface area contributed by atoms with Crippen LogP contribution in [0.5, 0.6) is 11.5 Å². The first-order chi connectivity index (χ1) is 11.1. The molecule has 5 heteroatoms. The molecule has 0 spiro atoms. The average Bonchev–Trinajstić information content (AvgIpc) is 2.49. The second-order valence-electron chi connectivity index (χ2n) is 7.66. The van der Waals surface area contributed by atoms with E-state index in [-0.39, 0.29) is 23.6 Å². The van der Waals surface area contributed by atoms with Gasteiger partial charge < -0.3 is 20.1 Å². The van der Waals surface area contributed by atoms with Crippen molar-refractivity contribution in [1.82, 2.24) is 10.6 Å². The lowest BCUT2D eigenvalue weighted by atomic mass is 10.0. The highest BCUT2D eigenvalue weighted by molar-refractivity contribution is 5.78. The Balaban J connectivity index is 2.68. The first kappa shape index (κ1) is 20.3. The van der Waals surface area contributed by atoms with Crippen LogP contribution in [-0.2, 0) is 11.3 Å². The lowest BCUT2D eigenvalue weighted by Gasteiger charge is -2.25. The summed E-state index contributed by atoms with van der Waals surface area (Å²) in [5.41, 5.74) is 0.930. The second kappa shape index (κ2) is 8.38. The number of rotatable bonds is 8. The molecule has 0 aromatic heterocycles. The van der Waals surface area contributed by atoms with Crippen LogP contribution in [0.3, 0.4) is 0 Å². The number of ether oxygens (including phenoxy) is 2. The van der Waals surface area contributed by atoms with E-state index in [1.165, 1.54) is 0 Å². The van der Waals surface area contributed by atoms with E-state index >= 15 is 0 Å². The summed E-state index contributed by atoms with van der Waals surface area (Å²) >= 11 is 0. The molecule has 136 valence electrons. The molecule has 24 heavy (non-hydrogen) atoms. The first-order valence-electron chi connectivity index (χ1n) is 8.42. The zero-order valence-corrected chi connectivity index (χ0v) is 16.1. The van der Waals surface area contributed by atoms with E-state index in [0.29, 0.717) is 11.5 Å². The number of hydrogen-bond donors (Lipinski definition) is 2. The molecule has 5 nitrogen and oxygen atoms in total. The Morgan fingerprint density at radius 1 is 1.12 bits per heavy atom. The van der Waals surface area contributed by atoms with Crippen LogP contribution in [0.25, 0.3) is 0 Å². The highest BCUT2D eigenvalue weighted by Crippen LogP contribution is 2.28. The largest absolute Gasteiger partial charge is 0.493 e. The van der Waals surface area contributed by atoms with Crippen molar-refractivity contribution in [1.29, 1.82) is 0 Å². The van der Waals surface area contributed by atoms with Crippen LogP contribution in [-0.4, -0.2) is 30.7 Å². The molecule has 0 aliphatic carbocycles. The summed E-state index contributed by atoms with van der Waals surface area (Å²) in [4.78, 5) is 11.9. The molecule has 0 aliphatic rings. The molecular weight excluding hydrogens is 304 g/mol. The minimum atomic E-state index is -0.272. The standard InChI is InChI=1S/C19H32N2O3/c1-8-19(5,6)20-12-14-9-10-15(16(11-14)23-7)24-13-17(22)21-18(2,3)4/h9-11,20H,8,12-13H2,1-7H3,(H,21,22). The third kappa shape index (κ3) is 7.21. The van der Waals surface area contributed by atoms with Crippen molar-refractivity contribution in [2.45, 2.75) is 65.6 Å². The van der Waals surface area contributed by atoms with Crippen molar-refractivity contribution in [2.75, 3.05) is 13.7 Å². The van der Waals surface area contributed by atoms with Gasteiger partial charge in [-0.25, -0.2) is 0 Å². The minimum Gasteiger partial charge on any atom is -0.493 e. The van der Waals surface area contributed by atoms with E-state index in [4.69, 9.17) is 9.47 Å². The van der Waals surface area contributed by atoms with Crippen molar-refractivity contribution in [3.63, 3.8) is 0 Å². The number of carbonyl (C=O) groups excluding carboxylic acids is 1. The number of nitrogens with one attached hydrogen (secondary N) is 2. The summed E-state index contributed by atoms with van der Waals surface area (Å²) < 4.78 is 11.0. The topological polar surface area (TPSA) is 59.6 Å². The molecule has 0 bridgehead atoms. The molecule has 1 rings (SSSR count). The van der Waals surface area contributed by atoms with Gasteiger partial charge in [-0.1, -0.05) is 13.0 Å². The van der Waals surface area contributed by atoms with Gasteiger partial charge in [0, 0.05) is 17.6 Å². The summed E-state index contributed by atoms with van der Waals surface area (Å²) in [7, 11) is 1.60. The third-order valence-corrected chi connectivity index (χ3v) is 3.76. The van der Waals surface area contributed by atoms with E-state index in [9.17, 15) is 4.79 Å². The molecule has 0 aliphatic heterocycles. The van der Waals surface area contributed by atoms with Crippen LogP contribution in [0, 0.1) is 0 Å².